The van der Waals surface area contributed by atoms with Gasteiger partial charge in [0, 0.05) is 0 Å². The molecule has 1 unspecified atom stereocenters. The number of pyridine rings is 1. The van der Waals surface area contributed by atoms with Crippen molar-refractivity contribution in [3.05, 3.63) is 30.1 Å². The van der Waals surface area contributed by atoms with Gasteiger partial charge in [-0.1, -0.05) is 0 Å². The maximum Gasteiger partial charge on any atom is 0.323 e. The fourth-order valence-corrected chi connectivity index (χ4v) is 1.89. The van der Waals surface area contributed by atoms with Crippen LogP contribution in [0.2, 0.25) is 0 Å². The van der Waals surface area contributed by atoms with Gasteiger partial charge >= 0.3 is 5.97 Å². The number of aromatic nitrogens is 2. The van der Waals surface area contributed by atoms with Crippen LogP contribution in [-0.2, 0) is 9.53 Å². The van der Waals surface area contributed by atoms with Crippen molar-refractivity contribution in [2.75, 3.05) is 6.61 Å². The molecule has 0 radical (unpaired) electrons. The van der Waals surface area contributed by atoms with Gasteiger partial charge in [0.05, 0.1) is 23.5 Å². The molecule has 0 spiro atoms. The van der Waals surface area contributed by atoms with Gasteiger partial charge in [-0.3, -0.25) is 9.59 Å². The molecule has 1 atom stereocenters. The highest BCUT2D eigenvalue weighted by Crippen LogP contribution is 2.19. The minimum absolute atomic E-state index is 0.140. The first-order valence-corrected chi connectivity index (χ1v) is 7.08. The number of nitrogens with zero attached hydrogens (tertiary/aromatic N) is 2. The van der Waals surface area contributed by atoms with Crippen molar-refractivity contribution in [2.45, 2.75) is 32.4 Å². The second-order valence-electron chi connectivity index (χ2n) is 5.88. The summed E-state index contributed by atoms with van der Waals surface area (Å²) in [5.41, 5.74) is 10.8. The summed E-state index contributed by atoms with van der Waals surface area (Å²) in [6.07, 6.45) is 3.01. The number of carbonyl (C=O) groups excluding carboxylic acids is 2. The topological polar surface area (TPSA) is 122 Å². The molecule has 2 heterocycles. The molecule has 0 aliphatic rings. The van der Waals surface area contributed by atoms with Crippen molar-refractivity contribution >= 4 is 17.4 Å². The quantitative estimate of drug-likeness (QED) is 0.747. The van der Waals surface area contributed by atoms with Gasteiger partial charge in [-0.2, -0.15) is 5.10 Å². The van der Waals surface area contributed by atoms with E-state index in [0.29, 0.717) is 16.8 Å². The number of hydrogen-bond donors (Lipinski definition) is 2. The summed E-state index contributed by atoms with van der Waals surface area (Å²) in [7, 11) is 0. The molecule has 2 rings (SSSR count). The highest BCUT2D eigenvalue weighted by Gasteiger charge is 2.25. The summed E-state index contributed by atoms with van der Waals surface area (Å²) < 4.78 is 12.4. The highest BCUT2D eigenvalue weighted by molar-refractivity contribution is 5.99. The maximum atomic E-state index is 11.6. The van der Waals surface area contributed by atoms with Gasteiger partial charge in [-0.05, 0) is 32.9 Å². The Morgan fingerprint density at radius 2 is 2.09 bits per heavy atom. The molecule has 0 saturated heterocycles. The fourth-order valence-electron chi connectivity index (χ4n) is 1.89. The molecule has 1 amide bonds. The number of nitrogens with two attached hydrogens (primary N) is 2. The van der Waals surface area contributed by atoms with Crippen LogP contribution >= 0.6 is 0 Å². The molecule has 0 aliphatic carbocycles. The van der Waals surface area contributed by atoms with E-state index >= 15 is 0 Å². The molecule has 23 heavy (non-hydrogen) atoms. The largest absolute Gasteiger partial charge is 0.488 e. The highest BCUT2D eigenvalue weighted by atomic mass is 16.6. The second-order valence-corrected chi connectivity index (χ2v) is 5.88. The van der Waals surface area contributed by atoms with E-state index in [-0.39, 0.29) is 6.61 Å². The van der Waals surface area contributed by atoms with Crippen molar-refractivity contribution in [1.82, 2.24) is 9.61 Å². The Morgan fingerprint density at radius 3 is 2.70 bits per heavy atom. The number of esters is 1. The third kappa shape index (κ3) is 3.98. The molecule has 0 aliphatic heterocycles. The van der Waals surface area contributed by atoms with Gasteiger partial charge in [-0.15, -0.1) is 0 Å². The zero-order valence-electron chi connectivity index (χ0n) is 13.3. The summed E-state index contributed by atoms with van der Waals surface area (Å²) in [5.74, 6) is -0.522. The molecule has 8 nitrogen and oxygen atoms in total. The summed E-state index contributed by atoms with van der Waals surface area (Å²) in [6.45, 7) is 5.15. The van der Waals surface area contributed by atoms with Gasteiger partial charge in [-0.25, -0.2) is 4.52 Å². The third-order valence-electron chi connectivity index (χ3n) is 3.09. The first kappa shape index (κ1) is 16.8. The SMILES string of the molecule is CC(N)C(=O)OC(C)(C)COc1ccc2c(C(N)=O)cnn2c1. The molecule has 2 aromatic rings. The minimum atomic E-state index is -0.831. The van der Waals surface area contributed by atoms with E-state index in [1.54, 1.807) is 39.1 Å². The predicted octanol–water partition coefficient (Wildman–Crippen LogP) is 0.481. The molecular formula is C15H20N4O4. The molecule has 0 bridgehead atoms. The van der Waals surface area contributed by atoms with Crippen molar-refractivity contribution < 1.29 is 19.1 Å². The third-order valence-corrected chi connectivity index (χ3v) is 3.09. The Hall–Kier alpha value is -2.61. The van der Waals surface area contributed by atoms with Crippen LogP contribution in [0, 0.1) is 0 Å². The minimum Gasteiger partial charge on any atom is -0.488 e. The number of ether oxygens (including phenoxy) is 2. The zero-order valence-corrected chi connectivity index (χ0v) is 13.3. The van der Waals surface area contributed by atoms with E-state index in [9.17, 15) is 9.59 Å². The summed E-state index contributed by atoms with van der Waals surface area (Å²) >= 11 is 0. The van der Waals surface area contributed by atoms with Crippen LogP contribution in [0.25, 0.3) is 5.52 Å². The van der Waals surface area contributed by atoms with E-state index in [2.05, 4.69) is 5.10 Å². The van der Waals surface area contributed by atoms with Gasteiger partial charge < -0.3 is 20.9 Å². The Kier molecular flexibility index (Phi) is 4.55. The van der Waals surface area contributed by atoms with Crippen molar-refractivity contribution in [3.8, 4) is 5.75 Å². The number of hydrogen-bond acceptors (Lipinski definition) is 6. The Labute approximate surface area is 133 Å². The van der Waals surface area contributed by atoms with E-state index in [1.807, 2.05) is 0 Å². The summed E-state index contributed by atoms with van der Waals surface area (Å²) in [5, 5.41) is 4.05. The van der Waals surface area contributed by atoms with Crippen LogP contribution in [0.15, 0.2) is 24.5 Å². The number of amides is 1. The monoisotopic (exact) mass is 320 g/mol. The molecule has 0 saturated carbocycles. The van der Waals surface area contributed by atoms with Crippen molar-refractivity contribution in [2.24, 2.45) is 11.5 Å². The standard InChI is InChI=1S/C15H20N4O4/c1-9(16)14(21)23-15(2,3)8-22-10-4-5-12-11(13(17)20)6-18-19(12)7-10/h4-7,9H,8,16H2,1-3H3,(H2,17,20). The number of carbonyl (C=O) groups is 2. The summed E-state index contributed by atoms with van der Waals surface area (Å²) in [4.78, 5) is 22.8. The van der Waals surface area contributed by atoms with Gasteiger partial charge in [0.25, 0.3) is 5.91 Å². The Balaban J connectivity index is 2.07. The van der Waals surface area contributed by atoms with Crippen LogP contribution in [-0.4, -0.2) is 39.7 Å². The fraction of sp³-hybridized carbons (Fsp3) is 0.400. The molecule has 124 valence electrons. The van der Waals surface area contributed by atoms with Crippen LogP contribution in [0.4, 0.5) is 0 Å². The molecular weight excluding hydrogens is 300 g/mol. The van der Waals surface area contributed by atoms with Gasteiger partial charge in [0.1, 0.15) is 24.0 Å². The molecule has 8 heteroatoms. The van der Waals surface area contributed by atoms with Crippen LogP contribution in [0.5, 0.6) is 5.75 Å². The number of primary amides is 1. The van der Waals surface area contributed by atoms with Crippen LogP contribution in [0.3, 0.4) is 0 Å². The first-order valence-electron chi connectivity index (χ1n) is 7.08. The number of rotatable bonds is 6. The lowest BCUT2D eigenvalue weighted by Crippen LogP contribution is -2.40. The van der Waals surface area contributed by atoms with Crippen LogP contribution in [0.1, 0.15) is 31.1 Å². The first-order chi connectivity index (χ1) is 10.7. The molecule has 0 fully saturated rings. The van der Waals surface area contributed by atoms with Crippen molar-refractivity contribution in [3.63, 3.8) is 0 Å². The predicted molar refractivity (Wildman–Crippen MR) is 83.0 cm³/mol. The lowest BCUT2D eigenvalue weighted by Gasteiger charge is -2.26. The zero-order chi connectivity index (χ0) is 17.2. The molecule has 2 aromatic heterocycles. The summed E-state index contributed by atoms with van der Waals surface area (Å²) in [6, 6.07) is 2.68. The lowest BCUT2D eigenvalue weighted by molar-refractivity contribution is -0.160. The van der Waals surface area contributed by atoms with Gasteiger partial charge in [0.2, 0.25) is 0 Å². The van der Waals surface area contributed by atoms with E-state index in [0.717, 1.165) is 0 Å². The number of fused-ring (bicyclic) bond motifs is 1. The lowest BCUT2D eigenvalue weighted by atomic mass is 10.1. The van der Waals surface area contributed by atoms with Crippen molar-refractivity contribution in [1.29, 1.82) is 0 Å². The Morgan fingerprint density at radius 1 is 1.39 bits per heavy atom. The Bertz CT molecular complexity index is 736. The maximum absolute atomic E-state index is 11.6. The molecule has 0 aromatic carbocycles. The van der Waals surface area contributed by atoms with E-state index < -0.39 is 23.5 Å². The van der Waals surface area contributed by atoms with Crippen LogP contribution < -0.4 is 16.2 Å². The van der Waals surface area contributed by atoms with Gasteiger partial charge in [0.15, 0.2) is 0 Å². The molecule has 4 N–H and O–H groups in total. The van der Waals surface area contributed by atoms with E-state index in [4.69, 9.17) is 20.9 Å². The van der Waals surface area contributed by atoms with E-state index in [1.165, 1.54) is 10.7 Å². The average molecular weight is 320 g/mol. The smallest absolute Gasteiger partial charge is 0.323 e. The second kappa shape index (κ2) is 6.25. The average Bonchev–Trinajstić information content (AvgIpc) is 2.87. The normalized spacial score (nSPS) is 12.9.